The number of rotatable bonds is 7. The molecule has 0 N–H and O–H groups in total. The van der Waals surface area contributed by atoms with Gasteiger partial charge in [0.2, 0.25) is 0 Å². The van der Waals surface area contributed by atoms with Gasteiger partial charge in [-0.25, -0.2) is 9.97 Å². The summed E-state index contributed by atoms with van der Waals surface area (Å²) < 4.78 is 2.17. The Labute approximate surface area is 185 Å². The molecule has 4 rings (SSSR count). The maximum atomic E-state index is 13.6. The number of amides is 1. The normalized spacial score (nSPS) is 11.6. The Kier molecular flexibility index (Phi) is 6.13. The fraction of sp³-hybridized carbons (Fsp3) is 0.348. The van der Waals surface area contributed by atoms with Crippen molar-refractivity contribution in [1.82, 2.24) is 14.9 Å². The molecule has 0 saturated carbocycles. The minimum absolute atomic E-state index is 0.0724. The van der Waals surface area contributed by atoms with E-state index in [9.17, 15) is 4.79 Å². The maximum Gasteiger partial charge on any atom is 0.289 e. The largest absolute Gasteiger partial charge is 0.302 e. The number of thiazole rings is 2. The van der Waals surface area contributed by atoms with Crippen LogP contribution < -0.4 is 4.90 Å². The van der Waals surface area contributed by atoms with Crippen molar-refractivity contribution in [2.45, 2.75) is 27.7 Å². The van der Waals surface area contributed by atoms with Crippen LogP contribution in [0.3, 0.4) is 0 Å². The van der Waals surface area contributed by atoms with Crippen LogP contribution in [-0.2, 0) is 0 Å². The van der Waals surface area contributed by atoms with E-state index >= 15 is 0 Å². The van der Waals surface area contributed by atoms with E-state index < -0.39 is 0 Å². The van der Waals surface area contributed by atoms with Gasteiger partial charge in [-0.1, -0.05) is 43.4 Å². The van der Waals surface area contributed by atoms with Crippen LogP contribution in [0, 0.1) is 13.8 Å². The number of para-hydroxylation sites is 1. The van der Waals surface area contributed by atoms with E-state index in [-0.39, 0.29) is 5.91 Å². The lowest BCUT2D eigenvalue weighted by Gasteiger charge is -2.24. The Balaban J connectivity index is 1.73. The second-order valence-corrected chi connectivity index (χ2v) is 9.41. The number of nitrogens with zero attached hydrogens (tertiary/aromatic N) is 4. The molecule has 0 unspecified atom stereocenters. The van der Waals surface area contributed by atoms with Gasteiger partial charge >= 0.3 is 0 Å². The summed E-state index contributed by atoms with van der Waals surface area (Å²) >= 11 is 3.04. The molecule has 0 bridgehead atoms. The number of aromatic nitrogens is 2. The smallest absolute Gasteiger partial charge is 0.289 e. The van der Waals surface area contributed by atoms with Gasteiger partial charge in [0.15, 0.2) is 10.1 Å². The van der Waals surface area contributed by atoms with Crippen LogP contribution in [0.2, 0.25) is 0 Å². The van der Waals surface area contributed by atoms with E-state index in [2.05, 4.69) is 49.7 Å². The first kappa shape index (κ1) is 20.9. The summed E-state index contributed by atoms with van der Waals surface area (Å²) in [6, 6.07) is 12.1. The number of carbonyl (C=O) groups excluding carboxylic acids is 1. The molecular weight excluding hydrogens is 412 g/mol. The number of fused-ring (bicyclic) bond motifs is 2. The molecule has 2 aromatic heterocycles. The molecule has 0 atom stereocenters. The van der Waals surface area contributed by atoms with Crippen molar-refractivity contribution in [3.63, 3.8) is 0 Å². The Morgan fingerprint density at radius 2 is 1.73 bits per heavy atom. The zero-order chi connectivity index (χ0) is 21.3. The topological polar surface area (TPSA) is 49.3 Å². The molecule has 0 aliphatic carbocycles. The highest BCUT2D eigenvalue weighted by Gasteiger charge is 2.25. The lowest BCUT2D eigenvalue weighted by molar-refractivity contribution is 0.0983. The second kappa shape index (κ2) is 8.79. The van der Waals surface area contributed by atoms with Crippen LogP contribution in [0.1, 0.15) is 34.8 Å². The molecule has 2 heterocycles. The molecule has 1 amide bonds. The summed E-state index contributed by atoms with van der Waals surface area (Å²) in [5, 5.41) is 1.26. The van der Waals surface area contributed by atoms with E-state index in [4.69, 9.17) is 4.98 Å². The summed E-state index contributed by atoms with van der Waals surface area (Å²) in [5.41, 5.74) is 4.21. The summed E-state index contributed by atoms with van der Waals surface area (Å²) in [4.78, 5) is 27.1. The van der Waals surface area contributed by atoms with E-state index in [0.29, 0.717) is 11.6 Å². The molecule has 0 spiro atoms. The third kappa shape index (κ3) is 4.10. The minimum Gasteiger partial charge on any atom is -0.302 e. The summed E-state index contributed by atoms with van der Waals surface area (Å²) in [5.74, 6) is -0.0724. The Morgan fingerprint density at radius 3 is 2.47 bits per heavy atom. The fourth-order valence-corrected chi connectivity index (χ4v) is 5.58. The number of anilines is 1. The van der Waals surface area contributed by atoms with Crippen molar-refractivity contribution in [1.29, 1.82) is 0 Å². The van der Waals surface area contributed by atoms with E-state index in [0.717, 1.165) is 45.2 Å². The van der Waals surface area contributed by atoms with Gasteiger partial charge in [-0.2, -0.15) is 0 Å². The van der Waals surface area contributed by atoms with Crippen molar-refractivity contribution in [3.05, 3.63) is 52.5 Å². The molecule has 0 aliphatic rings. The number of carbonyl (C=O) groups is 1. The van der Waals surface area contributed by atoms with Gasteiger partial charge in [0.05, 0.1) is 20.4 Å². The lowest BCUT2D eigenvalue weighted by atomic mass is 10.1. The van der Waals surface area contributed by atoms with Gasteiger partial charge < -0.3 is 4.90 Å². The highest BCUT2D eigenvalue weighted by molar-refractivity contribution is 7.23. The Hall–Kier alpha value is -2.35. The molecule has 7 heteroatoms. The van der Waals surface area contributed by atoms with E-state index in [1.807, 2.05) is 29.2 Å². The first-order valence-electron chi connectivity index (χ1n) is 10.3. The van der Waals surface area contributed by atoms with Crippen molar-refractivity contribution >= 4 is 54.1 Å². The minimum atomic E-state index is -0.0724. The molecule has 0 saturated heterocycles. The van der Waals surface area contributed by atoms with Gasteiger partial charge in [0, 0.05) is 13.1 Å². The average molecular weight is 439 g/mol. The predicted molar refractivity (Wildman–Crippen MR) is 128 cm³/mol. The van der Waals surface area contributed by atoms with E-state index in [1.165, 1.54) is 22.5 Å². The van der Waals surface area contributed by atoms with Crippen LogP contribution in [0.4, 0.5) is 5.13 Å². The van der Waals surface area contributed by atoms with Crippen molar-refractivity contribution in [2.75, 3.05) is 31.1 Å². The second-order valence-electron chi connectivity index (χ2n) is 7.40. The van der Waals surface area contributed by atoms with Gasteiger partial charge in [-0.15, -0.1) is 11.3 Å². The molecule has 156 valence electrons. The average Bonchev–Trinajstić information content (AvgIpc) is 3.35. The SMILES string of the molecule is CCN(CC)CCN(C(=O)c1nc2ccccc2s1)c1nc2cc(C)cc(C)c2s1. The standard InChI is InChI=1S/C23H26N4OS2/c1-5-26(6-2)11-12-27(22(28)21-24-17-9-7-8-10-19(17)29-21)23-25-18-14-15(3)13-16(4)20(18)30-23/h7-10,13-14H,5-6,11-12H2,1-4H3. The third-order valence-electron chi connectivity index (χ3n) is 5.30. The van der Waals surface area contributed by atoms with Crippen LogP contribution >= 0.6 is 22.7 Å². The number of benzene rings is 2. The van der Waals surface area contributed by atoms with Crippen LogP contribution in [0.15, 0.2) is 36.4 Å². The van der Waals surface area contributed by atoms with Crippen LogP contribution in [0.5, 0.6) is 0 Å². The molecule has 0 fully saturated rings. The van der Waals surface area contributed by atoms with Gasteiger partial charge in [0.25, 0.3) is 5.91 Å². The summed E-state index contributed by atoms with van der Waals surface area (Å²) in [6.07, 6.45) is 0. The van der Waals surface area contributed by atoms with Crippen LogP contribution in [-0.4, -0.2) is 47.0 Å². The summed E-state index contributed by atoms with van der Waals surface area (Å²) in [6.45, 7) is 11.8. The quantitative estimate of drug-likeness (QED) is 0.382. The van der Waals surface area contributed by atoms with Crippen molar-refractivity contribution in [3.8, 4) is 0 Å². The van der Waals surface area contributed by atoms with Gasteiger partial charge in [-0.3, -0.25) is 9.69 Å². The zero-order valence-corrected chi connectivity index (χ0v) is 19.4. The highest BCUT2D eigenvalue weighted by atomic mass is 32.1. The monoisotopic (exact) mass is 438 g/mol. The number of hydrogen-bond donors (Lipinski definition) is 0. The Bertz CT molecular complexity index is 1160. The lowest BCUT2D eigenvalue weighted by Crippen LogP contribution is -2.38. The Morgan fingerprint density at radius 1 is 0.967 bits per heavy atom. The first-order chi connectivity index (χ1) is 14.5. The fourth-order valence-electron chi connectivity index (χ4n) is 3.62. The predicted octanol–water partition coefficient (Wildman–Crippen LogP) is 5.51. The molecule has 4 aromatic rings. The maximum absolute atomic E-state index is 13.6. The van der Waals surface area contributed by atoms with Crippen LogP contribution in [0.25, 0.3) is 20.4 Å². The van der Waals surface area contributed by atoms with Crippen molar-refractivity contribution in [2.24, 2.45) is 0 Å². The van der Waals surface area contributed by atoms with Crippen molar-refractivity contribution < 1.29 is 4.79 Å². The van der Waals surface area contributed by atoms with Gasteiger partial charge in [0.1, 0.15) is 0 Å². The highest BCUT2D eigenvalue weighted by Crippen LogP contribution is 2.33. The molecule has 30 heavy (non-hydrogen) atoms. The summed E-state index contributed by atoms with van der Waals surface area (Å²) in [7, 11) is 0. The molecular formula is C23H26N4OS2. The molecule has 5 nitrogen and oxygen atoms in total. The number of hydrogen-bond acceptors (Lipinski definition) is 6. The van der Waals surface area contributed by atoms with Gasteiger partial charge in [-0.05, 0) is 56.3 Å². The molecule has 0 aliphatic heterocycles. The molecule has 2 aromatic carbocycles. The first-order valence-corrected chi connectivity index (χ1v) is 11.9. The van der Waals surface area contributed by atoms with E-state index in [1.54, 1.807) is 11.3 Å². The molecule has 0 radical (unpaired) electrons. The number of likely N-dealkylation sites (N-methyl/N-ethyl adjacent to an activating group) is 1. The third-order valence-corrected chi connectivity index (χ3v) is 7.55. The zero-order valence-electron chi connectivity index (χ0n) is 17.8. The number of aryl methyl sites for hydroxylation is 2.